The Morgan fingerprint density at radius 1 is 1.18 bits per heavy atom. The van der Waals surface area contributed by atoms with Crippen LogP contribution in [0.5, 0.6) is 0 Å². The molecule has 0 radical (unpaired) electrons. The molecule has 1 atom stereocenters. The first kappa shape index (κ1) is 15.7. The number of rotatable bonds is 5. The van der Waals surface area contributed by atoms with E-state index in [0.717, 1.165) is 11.3 Å². The molecule has 0 aliphatic carbocycles. The van der Waals surface area contributed by atoms with Crippen molar-refractivity contribution in [2.24, 2.45) is 0 Å². The van der Waals surface area contributed by atoms with Gasteiger partial charge in [-0.3, -0.25) is 14.6 Å². The van der Waals surface area contributed by atoms with Crippen molar-refractivity contribution in [1.29, 1.82) is 0 Å². The summed E-state index contributed by atoms with van der Waals surface area (Å²) >= 11 is 0. The Hall–Kier alpha value is -2.69. The van der Waals surface area contributed by atoms with Crippen LogP contribution in [0.2, 0.25) is 0 Å². The first-order valence-corrected chi connectivity index (χ1v) is 7.21. The molecule has 0 aliphatic heterocycles. The lowest BCUT2D eigenvalue weighted by atomic mass is 10.1. The number of aromatic nitrogens is 1. The number of anilines is 1. The lowest BCUT2D eigenvalue weighted by molar-refractivity contribution is -0.115. The highest BCUT2D eigenvalue weighted by Gasteiger charge is 2.11. The fourth-order valence-corrected chi connectivity index (χ4v) is 1.96. The second-order valence-corrected chi connectivity index (χ2v) is 4.96. The highest BCUT2D eigenvalue weighted by Crippen LogP contribution is 2.16. The van der Waals surface area contributed by atoms with Gasteiger partial charge in [0.05, 0.1) is 11.6 Å². The van der Waals surface area contributed by atoms with Gasteiger partial charge in [-0.25, -0.2) is 0 Å². The van der Waals surface area contributed by atoms with E-state index in [-0.39, 0.29) is 17.9 Å². The van der Waals surface area contributed by atoms with E-state index in [0.29, 0.717) is 12.0 Å². The predicted molar refractivity (Wildman–Crippen MR) is 85.5 cm³/mol. The Morgan fingerprint density at radius 2 is 1.91 bits per heavy atom. The quantitative estimate of drug-likeness (QED) is 0.891. The minimum absolute atomic E-state index is 0.0225. The molecule has 0 aliphatic rings. The van der Waals surface area contributed by atoms with E-state index in [2.05, 4.69) is 15.6 Å². The third-order valence-corrected chi connectivity index (χ3v) is 3.29. The third-order valence-electron chi connectivity index (χ3n) is 3.29. The van der Waals surface area contributed by atoms with E-state index in [1.165, 1.54) is 6.20 Å². The van der Waals surface area contributed by atoms with Crippen LogP contribution in [0.15, 0.2) is 48.8 Å². The van der Waals surface area contributed by atoms with Gasteiger partial charge in [0.25, 0.3) is 5.91 Å². The summed E-state index contributed by atoms with van der Waals surface area (Å²) in [5.74, 6) is -0.186. The molecule has 0 saturated carbocycles. The van der Waals surface area contributed by atoms with Gasteiger partial charge in [-0.2, -0.15) is 0 Å². The van der Waals surface area contributed by atoms with Crippen LogP contribution in [0.3, 0.4) is 0 Å². The van der Waals surface area contributed by atoms with Gasteiger partial charge in [-0.1, -0.05) is 19.1 Å². The average molecular weight is 297 g/mol. The summed E-state index contributed by atoms with van der Waals surface area (Å²) < 4.78 is 0. The van der Waals surface area contributed by atoms with E-state index < -0.39 is 0 Å². The molecule has 1 aromatic carbocycles. The Labute approximate surface area is 129 Å². The molecule has 22 heavy (non-hydrogen) atoms. The van der Waals surface area contributed by atoms with E-state index in [9.17, 15) is 9.59 Å². The maximum Gasteiger partial charge on any atom is 0.253 e. The zero-order chi connectivity index (χ0) is 15.9. The molecule has 0 bridgehead atoms. The molecule has 2 aromatic rings. The average Bonchev–Trinajstić information content (AvgIpc) is 2.56. The number of hydrogen-bond acceptors (Lipinski definition) is 3. The van der Waals surface area contributed by atoms with E-state index in [4.69, 9.17) is 0 Å². The summed E-state index contributed by atoms with van der Waals surface area (Å²) in [6.45, 7) is 3.72. The molecule has 0 saturated heterocycles. The molecule has 2 amide bonds. The van der Waals surface area contributed by atoms with Crippen LogP contribution in [0, 0.1) is 0 Å². The number of hydrogen-bond donors (Lipinski definition) is 2. The van der Waals surface area contributed by atoms with Gasteiger partial charge in [0.2, 0.25) is 5.91 Å². The lowest BCUT2D eigenvalue weighted by Gasteiger charge is -2.15. The zero-order valence-corrected chi connectivity index (χ0v) is 12.7. The number of nitrogens with one attached hydrogen (secondary N) is 2. The zero-order valence-electron chi connectivity index (χ0n) is 12.7. The van der Waals surface area contributed by atoms with Gasteiger partial charge in [-0.15, -0.1) is 0 Å². The summed E-state index contributed by atoms with van der Waals surface area (Å²) in [7, 11) is 0. The Balaban J connectivity index is 1.99. The Morgan fingerprint density at radius 3 is 2.50 bits per heavy atom. The first-order chi connectivity index (χ1) is 10.6. The molecule has 1 unspecified atom stereocenters. The minimum Gasteiger partial charge on any atom is -0.345 e. The van der Waals surface area contributed by atoms with Crippen molar-refractivity contribution in [2.75, 3.05) is 5.32 Å². The van der Waals surface area contributed by atoms with Crippen molar-refractivity contribution in [3.8, 4) is 0 Å². The fraction of sp³-hybridized carbons (Fsp3) is 0.235. The van der Waals surface area contributed by atoms with Crippen LogP contribution in [0.25, 0.3) is 0 Å². The van der Waals surface area contributed by atoms with Crippen LogP contribution < -0.4 is 10.6 Å². The minimum atomic E-state index is -0.163. The smallest absolute Gasteiger partial charge is 0.253 e. The second kappa shape index (κ2) is 7.36. The summed E-state index contributed by atoms with van der Waals surface area (Å²) in [6.07, 6.45) is 3.61. The summed E-state index contributed by atoms with van der Waals surface area (Å²) in [5, 5.41) is 5.71. The topological polar surface area (TPSA) is 71.1 Å². The number of carbonyl (C=O) groups excluding carboxylic acids is 2. The Bertz CT molecular complexity index is 639. The molecule has 0 spiro atoms. The monoisotopic (exact) mass is 297 g/mol. The van der Waals surface area contributed by atoms with Crippen molar-refractivity contribution in [3.63, 3.8) is 0 Å². The van der Waals surface area contributed by atoms with Crippen molar-refractivity contribution >= 4 is 17.5 Å². The summed E-state index contributed by atoms with van der Waals surface area (Å²) in [5.41, 5.74) is 2.24. The summed E-state index contributed by atoms with van der Waals surface area (Å²) in [4.78, 5) is 27.3. The Kier molecular flexibility index (Phi) is 5.25. The van der Waals surface area contributed by atoms with Crippen molar-refractivity contribution in [3.05, 3.63) is 59.9 Å². The van der Waals surface area contributed by atoms with Gasteiger partial charge in [0.15, 0.2) is 0 Å². The van der Waals surface area contributed by atoms with Crippen LogP contribution in [0.1, 0.15) is 42.2 Å². The molecule has 2 rings (SSSR count). The molecule has 0 fully saturated rings. The molecule has 1 aromatic heterocycles. The second-order valence-electron chi connectivity index (χ2n) is 4.96. The first-order valence-electron chi connectivity index (χ1n) is 7.21. The number of pyridine rings is 1. The van der Waals surface area contributed by atoms with Gasteiger partial charge in [-0.05, 0) is 36.8 Å². The van der Waals surface area contributed by atoms with Gasteiger partial charge in [0, 0.05) is 24.5 Å². The van der Waals surface area contributed by atoms with E-state index in [1.54, 1.807) is 25.3 Å². The highest BCUT2D eigenvalue weighted by molar-refractivity contribution is 5.94. The number of nitrogens with zero attached hydrogens (tertiary/aromatic N) is 1. The molecule has 2 N–H and O–H groups in total. The van der Waals surface area contributed by atoms with Crippen LogP contribution in [-0.4, -0.2) is 16.8 Å². The maximum atomic E-state index is 12.1. The van der Waals surface area contributed by atoms with E-state index >= 15 is 0 Å². The van der Waals surface area contributed by atoms with Crippen LogP contribution >= 0.6 is 0 Å². The molecule has 114 valence electrons. The maximum absolute atomic E-state index is 12.1. The SMILES string of the molecule is CCC(=O)Nc1ccc(C(C)NC(=O)c2cccnc2)cc1. The number of carbonyl (C=O) groups is 2. The van der Waals surface area contributed by atoms with Gasteiger partial charge < -0.3 is 10.6 Å². The lowest BCUT2D eigenvalue weighted by Crippen LogP contribution is -2.26. The van der Waals surface area contributed by atoms with Crippen LogP contribution in [-0.2, 0) is 4.79 Å². The molecule has 5 heteroatoms. The number of benzene rings is 1. The standard InChI is InChI=1S/C17H19N3O2/c1-3-16(21)20-15-8-6-13(7-9-15)12(2)19-17(22)14-5-4-10-18-11-14/h4-12H,3H2,1-2H3,(H,19,22)(H,20,21). The predicted octanol–water partition coefficient (Wildman–Crippen LogP) is 2.92. The molecule has 1 heterocycles. The van der Waals surface area contributed by atoms with Crippen LogP contribution in [0.4, 0.5) is 5.69 Å². The number of amides is 2. The highest BCUT2D eigenvalue weighted by atomic mass is 16.2. The van der Waals surface area contributed by atoms with Crippen molar-refractivity contribution < 1.29 is 9.59 Å². The fourth-order valence-electron chi connectivity index (χ4n) is 1.96. The summed E-state index contributed by atoms with van der Waals surface area (Å²) in [6, 6.07) is 10.7. The molecule has 5 nitrogen and oxygen atoms in total. The van der Waals surface area contributed by atoms with Gasteiger partial charge in [0.1, 0.15) is 0 Å². The third kappa shape index (κ3) is 4.15. The molecular formula is C17H19N3O2. The van der Waals surface area contributed by atoms with E-state index in [1.807, 2.05) is 31.2 Å². The van der Waals surface area contributed by atoms with Gasteiger partial charge >= 0.3 is 0 Å². The normalized spacial score (nSPS) is 11.5. The molecular weight excluding hydrogens is 278 g/mol. The largest absolute Gasteiger partial charge is 0.345 e. The van der Waals surface area contributed by atoms with Crippen molar-refractivity contribution in [1.82, 2.24) is 10.3 Å². The van der Waals surface area contributed by atoms with Crippen molar-refractivity contribution in [2.45, 2.75) is 26.3 Å².